The van der Waals surface area contributed by atoms with Crippen molar-refractivity contribution in [2.45, 2.75) is 58.8 Å². The Bertz CT molecular complexity index is 1380. The summed E-state index contributed by atoms with van der Waals surface area (Å²) in [6.45, 7) is 10.9. The Morgan fingerprint density at radius 1 is 1.26 bits per heavy atom. The molecule has 0 bridgehead atoms. The maximum atomic E-state index is 11.5. The van der Waals surface area contributed by atoms with Crippen LogP contribution in [0.2, 0.25) is 0 Å². The molecule has 4 aromatic rings. The molecule has 35 heavy (non-hydrogen) atoms. The lowest BCUT2D eigenvalue weighted by atomic mass is 9.87. The summed E-state index contributed by atoms with van der Waals surface area (Å²) in [5.74, 6) is 1.90. The zero-order valence-electron chi connectivity index (χ0n) is 21.4. The van der Waals surface area contributed by atoms with Crippen LogP contribution in [0.5, 0.6) is 5.75 Å². The predicted molar refractivity (Wildman–Crippen MR) is 139 cm³/mol. The number of rotatable bonds is 7. The van der Waals surface area contributed by atoms with Gasteiger partial charge in [0.1, 0.15) is 12.1 Å². The molecule has 1 aliphatic rings. The van der Waals surface area contributed by atoms with Gasteiger partial charge in [0, 0.05) is 28.2 Å². The minimum Gasteiger partial charge on any atom is -0.492 e. The van der Waals surface area contributed by atoms with Crippen molar-refractivity contribution < 1.29 is 9.53 Å². The molecule has 5 rings (SSSR count). The first-order valence-electron chi connectivity index (χ1n) is 12.7. The van der Waals surface area contributed by atoms with E-state index < -0.39 is 0 Å². The number of benzene rings is 1. The highest BCUT2D eigenvalue weighted by Crippen LogP contribution is 2.41. The smallest absolute Gasteiger partial charge is 0.198 e. The molecule has 1 fully saturated rings. The first kappa shape index (κ1) is 23.5. The van der Waals surface area contributed by atoms with Crippen molar-refractivity contribution in [3.05, 3.63) is 47.4 Å². The number of nitrogens with zero attached hydrogens (tertiary/aromatic N) is 4. The SMILES string of the molecule is CCc1c(-c2[nH]c3ccc(C4CCN(CC(C)=O)CC4)cc3c2C(C)C)cn2ncnc2c1OC. The summed E-state index contributed by atoms with van der Waals surface area (Å²) >= 11 is 0. The molecule has 4 heterocycles. The molecular weight excluding hydrogens is 438 g/mol. The molecule has 0 radical (unpaired) electrons. The van der Waals surface area contributed by atoms with Crippen LogP contribution >= 0.6 is 0 Å². The quantitative estimate of drug-likeness (QED) is 0.392. The lowest BCUT2D eigenvalue weighted by molar-refractivity contribution is -0.118. The van der Waals surface area contributed by atoms with Crippen molar-refractivity contribution in [1.29, 1.82) is 0 Å². The van der Waals surface area contributed by atoms with Gasteiger partial charge in [-0.2, -0.15) is 5.10 Å². The van der Waals surface area contributed by atoms with Crippen molar-refractivity contribution >= 4 is 22.3 Å². The number of ether oxygens (including phenoxy) is 1. The van der Waals surface area contributed by atoms with E-state index in [2.05, 4.69) is 65.1 Å². The summed E-state index contributed by atoms with van der Waals surface area (Å²) in [5, 5.41) is 5.69. The number of likely N-dealkylation sites (tertiary alicyclic amines) is 1. The minimum absolute atomic E-state index is 0.249. The highest BCUT2D eigenvalue weighted by Gasteiger charge is 2.25. The van der Waals surface area contributed by atoms with Crippen LogP contribution in [-0.2, 0) is 11.2 Å². The summed E-state index contributed by atoms with van der Waals surface area (Å²) < 4.78 is 7.62. The van der Waals surface area contributed by atoms with Crippen LogP contribution in [0.15, 0.2) is 30.7 Å². The van der Waals surface area contributed by atoms with Gasteiger partial charge in [0.05, 0.1) is 19.3 Å². The Labute approximate surface area is 206 Å². The summed E-state index contributed by atoms with van der Waals surface area (Å²) in [4.78, 5) is 21.9. The van der Waals surface area contributed by atoms with Crippen LogP contribution in [0.4, 0.5) is 0 Å². The standard InChI is InChI=1S/C28H35N5O2/c1-6-21-23(15-33-28(27(21)35-5)29-16-30-33)26-25(17(2)3)22-13-20(7-8-24(22)31-26)19-9-11-32(12-10-19)14-18(4)34/h7-8,13,15-17,19,31H,6,9-12,14H2,1-5H3. The molecule has 184 valence electrons. The van der Waals surface area contributed by atoms with E-state index >= 15 is 0 Å². The van der Waals surface area contributed by atoms with Crippen molar-refractivity contribution in [1.82, 2.24) is 24.5 Å². The molecule has 3 aromatic heterocycles. The van der Waals surface area contributed by atoms with Crippen molar-refractivity contribution in [3.8, 4) is 17.0 Å². The van der Waals surface area contributed by atoms with Gasteiger partial charge in [-0.05, 0) is 74.4 Å². The Morgan fingerprint density at radius 3 is 2.69 bits per heavy atom. The third kappa shape index (κ3) is 4.22. The van der Waals surface area contributed by atoms with Gasteiger partial charge in [-0.1, -0.05) is 26.8 Å². The molecule has 0 amide bonds. The third-order valence-electron chi connectivity index (χ3n) is 7.40. The number of hydrogen-bond donors (Lipinski definition) is 1. The van der Waals surface area contributed by atoms with Crippen molar-refractivity contribution in [2.75, 3.05) is 26.7 Å². The second kappa shape index (κ2) is 9.46. The highest BCUT2D eigenvalue weighted by molar-refractivity contribution is 5.93. The molecule has 0 atom stereocenters. The molecule has 1 saturated heterocycles. The fourth-order valence-corrected chi connectivity index (χ4v) is 5.78. The Morgan fingerprint density at radius 2 is 2.03 bits per heavy atom. The lowest BCUT2D eigenvalue weighted by Crippen LogP contribution is -2.36. The van der Waals surface area contributed by atoms with E-state index in [-0.39, 0.29) is 5.78 Å². The number of ketones is 1. The number of Topliss-reactive ketones (excluding diaryl/α,β-unsaturated/α-hetero) is 1. The molecule has 7 nitrogen and oxygen atoms in total. The number of aromatic nitrogens is 4. The van der Waals surface area contributed by atoms with Gasteiger partial charge in [0.2, 0.25) is 0 Å². The van der Waals surface area contributed by atoms with E-state index in [0.717, 1.165) is 66.1 Å². The third-order valence-corrected chi connectivity index (χ3v) is 7.40. The summed E-state index contributed by atoms with van der Waals surface area (Å²) in [6, 6.07) is 6.91. The maximum absolute atomic E-state index is 11.5. The van der Waals surface area contributed by atoms with E-state index in [1.54, 1.807) is 20.4 Å². The van der Waals surface area contributed by atoms with Crippen LogP contribution in [0.25, 0.3) is 27.8 Å². The Balaban J connectivity index is 1.59. The van der Waals surface area contributed by atoms with E-state index in [4.69, 9.17) is 4.74 Å². The predicted octanol–water partition coefficient (Wildman–Crippen LogP) is 5.34. The first-order valence-corrected chi connectivity index (χ1v) is 12.7. The number of aromatic amines is 1. The average Bonchev–Trinajstić information content (AvgIpc) is 3.46. The topological polar surface area (TPSA) is 75.5 Å². The fraction of sp³-hybridized carbons (Fsp3) is 0.464. The molecule has 0 unspecified atom stereocenters. The first-order chi connectivity index (χ1) is 16.9. The number of carbonyl (C=O) groups is 1. The van der Waals surface area contributed by atoms with Gasteiger partial charge in [0.25, 0.3) is 0 Å². The number of H-pyrrole nitrogens is 1. The number of pyridine rings is 1. The van der Waals surface area contributed by atoms with Crippen molar-refractivity contribution in [2.24, 2.45) is 0 Å². The van der Waals surface area contributed by atoms with Crippen LogP contribution in [0, 0.1) is 0 Å². The second-order valence-electron chi connectivity index (χ2n) is 10.1. The van der Waals surface area contributed by atoms with Crippen LogP contribution in [0.1, 0.15) is 69.1 Å². The van der Waals surface area contributed by atoms with Gasteiger partial charge in [-0.15, -0.1) is 0 Å². The van der Waals surface area contributed by atoms with Gasteiger partial charge in [-0.3, -0.25) is 9.69 Å². The van der Waals surface area contributed by atoms with Crippen LogP contribution < -0.4 is 4.74 Å². The van der Waals surface area contributed by atoms with Gasteiger partial charge >= 0.3 is 0 Å². The number of piperidine rings is 1. The van der Waals surface area contributed by atoms with Gasteiger partial charge < -0.3 is 9.72 Å². The lowest BCUT2D eigenvalue weighted by Gasteiger charge is -2.31. The number of hydrogen-bond acceptors (Lipinski definition) is 5. The summed E-state index contributed by atoms with van der Waals surface area (Å²) in [5.41, 5.74) is 8.01. The largest absolute Gasteiger partial charge is 0.492 e. The van der Waals surface area contributed by atoms with Gasteiger partial charge in [0.15, 0.2) is 11.4 Å². The number of nitrogens with one attached hydrogen (secondary N) is 1. The van der Waals surface area contributed by atoms with Crippen molar-refractivity contribution in [3.63, 3.8) is 0 Å². The normalized spacial score (nSPS) is 15.5. The van der Waals surface area contributed by atoms with E-state index in [0.29, 0.717) is 18.4 Å². The molecule has 0 spiro atoms. The fourth-order valence-electron chi connectivity index (χ4n) is 5.78. The number of fused-ring (bicyclic) bond motifs is 2. The molecular formula is C28H35N5O2. The zero-order chi connectivity index (χ0) is 24.7. The number of carbonyl (C=O) groups excluding carboxylic acids is 1. The summed E-state index contributed by atoms with van der Waals surface area (Å²) in [7, 11) is 1.70. The van der Waals surface area contributed by atoms with E-state index in [1.165, 1.54) is 16.5 Å². The van der Waals surface area contributed by atoms with Crippen LogP contribution in [-0.4, -0.2) is 57.0 Å². The molecule has 0 saturated carbocycles. The molecule has 1 aliphatic heterocycles. The Kier molecular flexibility index (Phi) is 6.36. The van der Waals surface area contributed by atoms with Crippen LogP contribution in [0.3, 0.4) is 0 Å². The molecule has 1 N–H and O–H groups in total. The van der Waals surface area contributed by atoms with E-state index in [1.807, 2.05) is 4.52 Å². The second-order valence-corrected chi connectivity index (χ2v) is 10.1. The van der Waals surface area contributed by atoms with Gasteiger partial charge in [-0.25, -0.2) is 9.50 Å². The number of methoxy groups -OCH3 is 1. The highest BCUT2D eigenvalue weighted by atomic mass is 16.5. The Hall–Kier alpha value is -3.19. The maximum Gasteiger partial charge on any atom is 0.198 e. The summed E-state index contributed by atoms with van der Waals surface area (Å²) in [6.07, 6.45) is 6.66. The average molecular weight is 474 g/mol. The van der Waals surface area contributed by atoms with E-state index in [9.17, 15) is 4.79 Å². The minimum atomic E-state index is 0.249. The molecule has 0 aliphatic carbocycles. The molecule has 1 aromatic carbocycles. The zero-order valence-corrected chi connectivity index (χ0v) is 21.4. The molecule has 7 heteroatoms. The monoisotopic (exact) mass is 473 g/mol.